The second-order valence-electron chi connectivity index (χ2n) is 5.31. The molecule has 0 unspecified atom stereocenters. The van der Waals surface area contributed by atoms with E-state index < -0.39 is 11.9 Å². The zero-order valence-corrected chi connectivity index (χ0v) is 11.9. The third-order valence-electron chi connectivity index (χ3n) is 2.75. The fourth-order valence-corrected chi connectivity index (χ4v) is 1.86. The summed E-state index contributed by atoms with van der Waals surface area (Å²) in [6.07, 6.45) is 2.09. The SMILES string of the molecule is CC(C)C[C@H](NC(=O)c1ccnn1C(C)C)C(N)=O. The summed E-state index contributed by atoms with van der Waals surface area (Å²) in [5.41, 5.74) is 5.74. The third kappa shape index (κ3) is 4.08. The van der Waals surface area contributed by atoms with Crippen molar-refractivity contribution in [3.05, 3.63) is 18.0 Å². The Morgan fingerprint density at radius 2 is 2.00 bits per heavy atom. The molecule has 0 saturated carbocycles. The van der Waals surface area contributed by atoms with E-state index in [-0.39, 0.29) is 17.9 Å². The monoisotopic (exact) mass is 266 g/mol. The summed E-state index contributed by atoms with van der Waals surface area (Å²) in [6, 6.07) is 1.05. The van der Waals surface area contributed by atoms with Crippen LogP contribution in [0.1, 0.15) is 50.6 Å². The van der Waals surface area contributed by atoms with Crippen LogP contribution < -0.4 is 11.1 Å². The number of hydrogen-bond acceptors (Lipinski definition) is 3. The first-order valence-electron chi connectivity index (χ1n) is 6.46. The van der Waals surface area contributed by atoms with E-state index in [0.29, 0.717) is 12.1 Å². The van der Waals surface area contributed by atoms with Gasteiger partial charge in [-0.2, -0.15) is 5.10 Å². The van der Waals surface area contributed by atoms with Crippen LogP contribution in [0.3, 0.4) is 0 Å². The Kier molecular flexibility index (Phi) is 5.09. The van der Waals surface area contributed by atoms with Gasteiger partial charge in [-0.25, -0.2) is 0 Å². The summed E-state index contributed by atoms with van der Waals surface area (Å²) in [4.78, 5) is 23.5. The van der Waals surface area contributed by atoms with Gasteiger partial charge >= 0.3 is 0 Å². The standard InChI is InChI=1S/C13H22N4O2/c1-8(2)7-10(12(14)18)16-13(19)11-5-6-15-17(11)9(3)4/h5-6,8-10H,7H2,1-4H3,(H2,14,18)(H,16,19)/t10-/m0/s1. The van der Waals surface area contributed by atoms with Crippen LogP contribution in [0.5, 0.6) is 0 Å². The van der Waals surface area contributed by atoms with Crippen molar-refractivity contribution in [3.8, 4) is 0 Å². The van der Waals surface area contributed by atoms with Crippen LogP contribution in [-0.4, -0.2) is 27.6 Å². The van der Waals surface area contributed by atoms with Crippen molar-refractivity contribution in [1.29, 1.82) is 0 Å². The highest BCUT2D eigenvalue weighted by atomic mass is 16.2. The summed E-state index contributed by atoms with van der Waals surface area (Å²) in [6.45, 7) is 7.81. The average Bonchev–Trinajstić information content (AvgIpc) is 2.76. The molecule has 1 aromatic heterocycles. The van der Waals surface area contributed by atoms with Crippen LogP contribution in [0, 0.1) is 5.92 Å². The number of carbonyl (C=O) groups is 2. The Balaban J connectivity index is 2.82. The lowest BCUT2D eigenvalue weighted by atomic mass is 10.0. The Labute approximate surface area is 113 Å². The number of carbonyl (C=O) groups excluding carboxylic acids is 2. The van der Waals surface area contributed by atoms with Crippen molar-refractivity contribution in [2.24, 2.45) is 11.7 Å². The van der Waals surface area contributed by atoms with E-state index in [1.807, 2.05) is 27.7 Å². The zero-order chi connectivity index (χ0) is 14.6. The van der Waals surface area contributed by atoms with Crippen LogP contribution in [0.4, 0.5) is 0 Å². The lowest BCUT2D eigenvalue weighted by molar-refractivity contribution is -0.120. The minimum atomic E-state index is -0.650. The molecule has 0 aliphatic rings. The maximum atomic E-state index is 12.1. The van der Waals surface area contributed by atoms with E-state index in [1.54, 1.807) is 16.9 Å². The molecule has 106 valence electrons. The van der Waals surface area contributed by atoms with Gasteiger partial charge in [0.2, 0.25) is 5.91 Å². The molecule has 0 spiro atoms. The first-order valence-corrected chi connectivity index (χ1v) is 6.46. The first kappa shape index (κ1) is 15.2. The molecule has 0 aromatic carbocycles. The predicted molar refractivity (Wildman–Crippen MR) is 72.5 cm³/mol. The molecular formula is C13H22N4O2. The van der Waals surface area contributed by atoms with Gasteiger partial charge in [-0.3, -0.25) is 14.3 Å². The maximum Gasteiger partial charge on any atom is 0.270 e. The third-order valence-corrected chi connectivity index (χ3v) is 2.75. The molecule has 0 bridgehead atoms. The van der Waals surface area contributed by atoms with Crippen molar-refractivity contribution in [2.75, 3.05) is 0 Å². The lowest BCUT2D eigenvalue weighted by Crippen LogP contribution is -2.45. The molecule has 1 heterocycles. The van der Waals surface area contributed by atoms with Gasteiger partial charge in [0, 0.05) is 12.2 Å². The smallest absolute Gasteiger partial charge is 0.270 e. The van der Waals surface area contributed by atoms with E-state index in [1.165, 1.54) is 0 Å². The van der Waals surface area contributed by atoms with Crippen LogP contribution in [0.2, 0.25) is 0 Å². The van der Waals surface area contributed by atoms with Gasteiger partial charge in [0.1, 0.15) is 11.7 Å². The Bertz CT molecular complexity index is 451. The average molecular weight is 266 g/mol. The minimum Gasteiger partial charge on any atom is -0.368 e. The second kappa shape index (κ2) is 6.36. The van der Waals surface area contributed by atoms with E-state index in [9.17, 15) is 9.59 Å². The molecule has 3 N–H and O–H groups in total. The van der Waals surface area contributed by atoms with E-state index in [2.05, 4.69) is 10.4 Å². The van der Waals surface area contributed by atoms with Crippen LogP contribution in [-0.2, 0) is 4.79 Å². The Hall–Kier alpha value is -1.85. The molecule has 1 atom stereocenters. The molecule has 0 fully saturated rings. The molecule has 0 saturated heterocycles. The van der Waals surface area contributed by atoms with Gasteiger partial charge in [-0.1, -0.05) is 13.8 Å². The normalized spacial score (nSPS) is 12.7. The number of aromatic nitrogens is 2. The zero-order valence-electron chi connectivity index (χ0n) is 11.9. The Morgan fingerprint density at radius 3 is 2.47 bits per heavy atom. The first-order chi connectivity index (χ1) is 8.82. The van der Waals surface area contributed by atoms with Crippen molar-refractivity contribution in [2.45, 2.75) is 46.2 Å². The largest absolute Gasteiger partial charge is 0.368 e. The molecule has 1 rings (SSSR count). The second-order valence-corrected chi connectivity index (χ2v) is 5.31. The van der Waals surface area contributed by atoms with E-state index >= 15 is 0 Å². The number of nitrogens with two attached hydrogens (primary N) is 1. The highest BCUT2D eigenvalue weighted by Gasteiger charge is 2.22. The summed E-state index contributed by atoms with van der Waals surface area (Å²) in [5.74, 6) is -0.568. The summed E-state index contributed by atoms with van der Waals surface area (Å²) >= 11 is 0. The van der Waals surface area contributed by atoms with Crippen molar-refractivity contribution in [3.63, 3.8) is 0 Å². The molecule has 1 aromatic rings. The number of nitrogens with one attached hydrogen (secondary N) is 1. The number of rotatable bonds is 6. The van der Waals surface area contributed by atoms with Crippen LogP contribution in [0.25, 0.3) is 0 Å². The van der Waals surface area contributed by atoms with Crippen molar-refractivity contribution >= 4 is 11.8 Å². The molecular weight excluding hydrogens is 244 g/mol. The fourth-order valence-electron chi connectivity index (χ4n) is 1.86. The number of hydrogen-bond donors (Lipinski definition) is 2. The molecule has 6 heteroatoms. The van der Waals surface area contributed by atoms with Gasteiger partial charge < -0.3 is 11.1 Å². The fraction of sp³-hybridized carbons (Fsp3) is 0.615. The van der Waals surface area contributed by atoms with Crippen LogP contribution >= 0.6 is 0 Å². The number of primary amides is 1. The Morgan fingerprint density at radius 1 is 1.37 bits per heavy atom. The predicted octanol–water partition coefficient (Wildman–Crippen LogP) is 1.09. The van der Waals surface area contributed by atoms with Crippen molar-refractivity contribution in [1.82, 2.24) is 15.1 Å². The molecule has 6 nitrogen and oxygen atoms in total. The highest BCUT2D eigenvalue weighted by molar-refractivity contribution is 5.96. The lowest BCUT2D eigenvalue weighted by Gasteiger charge is -2.18. The topological polar surface area (TPSA) is 90.0 Å². The van der Waals surface area contributed by atoms with Crippen LogP contribution in [0.15, 0.2) is 12.3 Å². The molecule has 0 radical (unpaired) electrons. The summed E-state index contributed by atoms with van der Waals surface area (Å²) in [7, 11) is 0. The number of nitrogens with zero attached hydrogens (tertiary/aromatic N) is 2. The number of amides is 2. The maximum absolute atomic E-state index is 12.1. The summed E-state index contributed by atoms with van der Waals surface area (Å²) in [5, 5.41) is 6.76. The van der Waals surface area contributed by atoms with E-state index in [4.69, 9.17) is 5.73 Å². The molecule has 0 aliphatic carbocycles. The molecule has 2 amide bonds. The van der Waals surface area contributed by atoms with Gasteiger partial charge in [0.05, 0.1) is 0 Å². The highest BCUT2D eigenvalue weighted by Crippen LogP contribution is 2.10. The molecule has 0 aliphatic heterocycles. The minimum absolute atomic E-state index is 0.0767. The molecule has 19 heavy (non-hydrogen) atoms. The van der Waals surface area contributed by atoms with Gasteiger partial charge in [-0.15, -0.1) is 0 Å². The van der Waals surface area contributed by atoms with E-state index in [0.717, 1.165) is 0 Å². The summed E-state index contributed by atoms with van der Waals surface area (Å²) < 4.78 is 1.61. The van der Waals surface area contributed by atoms with Crippen molar-refractivity contribution < 1.29 is 9.59 Å². The van der Waals surface area contributed by atoms with Gasteiger partial charge in [0.25, 0.3) is 5.91 Å². The van der Waals surface area contributed by atoms with Gasteiger partial charge in [0.15, 0.2) is 0 Å². The van der Waals surface area contributed by atoms with Gasteiger partial charge in [-0.05, 0) is 32.3 Å². The quantitative estimate of drug-likeness (QED) is 0.807.